The first kappa shape index (κ1) is 27.6. The number of phenols is 1. The Bertz CT molecular complexity index is 1860. The Kier molecular flexibility index (Phi) is 6.55. The number of anilines is 1. The van der Waals surface area contributed by atoms with E-state index in [0.717, 1.165) is 24.8 Å². The number of ether oxygens (including phenoxy) is 1. The monoisotopic (exact) mass is 600 g/mol. The number of likely N-dealkylation sites (tertiary alicyclic amines) is 2. The van der Waals surface area contributed by atoms with Crippen LogP contribution < -0.4 is 10.1 Å². The number of pyridine rings is 1. The molecule has 43 heavy (non-hydrogen) atoms. The number of hydrogen-bond acceptors (Lipinski definition) is 6. The number of benzene rings is 3. The SMILES string of the molecule is C=CC(=O)N1CCC2(C1)C(=O)Nc1c(OCC3CCCN3C)nc3c(F)c(-c4cc(O)cc5ccccc45)c(Cl)cc3c12. The summed E-state index contributed by atoms with van der Waals surface area (Å²) in [5, 5.41) is 15.4. The standard InChI is InChI=1S/C33H30ClFN4O4/c1-3-25(41)39-12-10-33(17-39)27-23-15-24(34)26(22-14-20(40)13-18-7-4-5-9-21(18)22)28(35)29(23)36-31(30(27)37-32(33)42)43-16-19-8-6-11-38(19)2/h3-5,7,9,13-15,19,40H,1,6,8,10-12,16-17H2,2H3,(H,37,42). The first-order valence-corrected chi connectivity index (χ1v) is 14.7. The number of aromatic nitrogens is 1. The molecule has 0 saturated carbocycles. The van der Waals surface area contributed by atoms with Crippen LogP contribution in [0.4, 0.5) is 10.1 Å². The van der Waals surface area contributed by atoms with Gasteiger partial charge in [0.2, 0.25) is 17.7 Å². The zero-order valence-corrected chi connectivity index (χ0v) is 24.4. The molecule has 1 spiro atoms. The highest BCUT2D eigenvalue weighted by Gasteiger charge is 2.54. The van der Waals surface area contributed by atoms with Gasteiger partial charge in [0, 0.05) is 35.6 Å². The van der Waals surface area contributed by atoms with Crippen molar-refractivity contribution in [1.29, 1.82) is 0 Å². The van der Waals surface area contributed by atoms with Crippen LogP contribution >= 0.6 is 11.6 Å². The maximum Gasteiger partial charge on any atom is 0.245 e. The van der Waals surface area contributed by atoms with Crippen molar-refractivity contribution in [2.24, 2.45) is 0 Å². The molecule has 2 N–H and O–H groups in total. The molecule has 1 aromatic heterocycles. The summed E-state index contributed by atoms with van der Waals surface area (Å²) >= 11 is 6.86. The van der Waals surface area contributed by atoms with Crippen molar-refractivity contribution >= 4 is 50.8 Å². The number of hydrogen-bond donors (Lipinski definition) is 2. The van der Waals surface area contributed by atoms with Crippen molar-refractivity contribution in [3.63, 3.8) is 0 Å². The van der Waals surface area contributed by atoms with E-state index in [1.807, 2.05) is 31.3 Å². The smallest absolute Gasteiger partial charge is 0.245 e. The van der Waals surface area contributed by atoms with Crippen molar-refractivity contribution in [1.82, 2.24) is 14.8 Å². The quantitative estimate of drug-likeness (QED) is 0.288. The second-order valence-corrected chi connectivity index (χ2v) is 12.1. The second-order valence-electron chi connectivity index (χ2n) is 11.7. The summed E-state index contributed by atoms with van der Waals surface area (Å²) < 4.78 is 23.2. The molecular weight excluding hydrogens is 571 g/mol. The number of halogens is 2. The maximum atomic E-state index is 16.9. The summed E-state index contributed by atoms with van der Waals surface area (Å²) in [4.78, 5) is 34.8. The Morgan fingerprint density at radius 1 is 1.28 bits per heavy atom. The fourth-order valence-corrected chi connectivity index (χ4v) is 7.30. The normalized spacial score (nSPS) is 21.6. The molecule has 2 amide bonds. The average molecular weight is 601 g/mol. The predicted octanol–water partition coefficient (Wildman–Crippen LogP) is 5.63. The second kappa shape index (κ2) is 10.2. The zero-order valence-electron chi connectivity index (χ0n) is 23.6. The molecule has 3 aliphatic heterocycles. The highest BCUT2D eigenvalue weighted by Crippen LogP contribution is 2.52. The van der Waals surface area contributed by atoms with Gasteiger partial charge in [0.05, 0.1) is 10.4 Å². The number of carbonyl (C=O) groups is 2. The molecule has 2 atom stereocenters. The van der Waals surface area contributed by atoms with Gasteiger partial charge in [0.15, 0.2) is 5.82 Å². The number of aromatic hydroxyl groups is 1. The molecule has 8 nitrogen and oxygen atoms in total. The topological polar surface area (TPSA) is 95.0 Å². The fourth-order valence-electron chi connectivity index (χ4n) is 7.00. The molecule has 3 aliphatic rings. The predicted molar refractivity (Wildman–Crippen MR) is 164 cm³/mol. The van der Waals surface area contributed by atoms with E-state index in [0.29, 0.717) is 47.2 Å². The van der Waals surface area contributed by atoms with Crippen LogP contribution in [0, 0.1) is 5.82 Å². The van der Waals surface area contributed by atoms with Crippen LogP contribution in [0.1, 0.15) is 24.8 Å². The van der Waals surface area contributed by atoms with Gasteiger partial charge < -0.3 is 25.0 Å². The average Bonchev–Trinajstić information content (AvgIpc) is 3.69. The van der Waals surface area contributed by atoms with Gasteiger partial charge in [0.25, 0.3) is 0 Å². The van der Waals surface area contributed by atoms with Crippen LogP contribution in [0.25, 0.3) is 32.8 Å². The van der Waals surface area contributed by atoms with Gasteiger partial charge in [-0.25, -0.2) is 9.37 Å². The van der Waals surface area contributed by atoms with Gasteiger partial charge in [-0.2, -0.15) is 0 Å². The molecule has 220 valence electrons. The fraction of sp³-hybridized carbons (Fsp3) is 0.303. The van der Waals surface area contributed by atoms with Crippen molar-refractivity contribution in [3.8, 4) is 22.8 Å². The van der Waals surface area contributed by atoms with Crippen molar-refractivity contribution in [2.75, 3.05) is 38.6 Å². The Morgan fingerprint density at radius 3 is 2.86 bits per heavy atom. The lowest BCUT2D eigenvalue weighted by Gasteiger charge is -2.25. The van der Waals surface area contributed by atoms with E-state index in [4.69, 9.17) is 16.3 Å². The van der Waals surface area contributed by atoms with Crippen LogP contribution in [0.5, 0.6) is 11.6 Å². The van der Waals surface area contributed by atoms with Crippen LogP contribution in [-0.4, -0.2) is 71.0 Å². The summed E-state index contributed by atoms with van der Waals surface area (Å²) in [6.07, 6.45) is 3.58. The van der Waals surface area contributed by atoms with Gasteiger partial charge >= 0.3 is 0 Å². The summed E-state index contributed by atoms with van der Waals surface area (Å²) in [5.74, 6) is -1.15. The van der Waals surface area contributed by atoms with Crippen LogP contribution in [0.3, 0.4) is 0 Å². The third-order valence-corrected chi connectivity index (χ3v) is 9.54. The molecule has 4 heterocycles. The number of amides is 2. The minimum atomic E-state index is -1.13. The minimum Gasteiger partial charge on any atom is -0.508 e. The molecule has 3 aromatic carbocycles. The van der Waals surface area contributed by atoms with Crippen molar-refractivity contribution < 1.29 is 23.8 Å². The molecule has 0 aliphatic carbocycles. The first-order valence-electron chi connectivity index (χ1n) is 14.4. The Morgan fingerprint density at radius 2 is 2.09 bits per heavy atom. The molecular formula is C33H30ClFN4O4. The third-order valence-electron chi connectivity index (χ3n) is 9.25. The zero-order chi connectivity index (χ0) is 30.0. The molecule has 4 aromatic rings. The summed E-state index contributed by atoms with van der Waals surface area (Å²) in [7, 11) is 2.04. The lowest BCUT2D eigenvalue weighted by molar-refractivity contribution is -0.125. The van der Waals surface area contributed by atoms with Gasteiger partial charge in [0.1, 0.15) is 23.6 Å². The summed E-state index contributed by atoms with van der Waals surface area (Å²) in [6.45, 7) is 5.33. The third kappa shape index (κ3) is 4.24. The molecule has 2 fully saturated rings. The number of fused-ring (bicyclic) bond motifs is 5. The van der Waals surface area contributed by atoms with E-state index in [1.54, 1.807) is 17.0 Å². The first-order chi connectivity index (χ1) is 20.7. The van der Waals surface area contributed by atoms with Crippen molar-refractivity contribution in [3.05, 3.63) is 71.5 Å². The van der Waals surface area contributed by atoms with Gasteiger partial charge in [-0.05, 0) is 73.5 Å². The van der Waals surface area contributed by atoms with Gasteiger partial charge in [-0.3, -0.25) is 9.59 Å². The summed E-state index contributed by atoms with van der Waals surface area (Å²) in [5.41, 5.74) is 0.305. The molecule has 0 radical (unpaired) electrons. The lowest BCUT2D eigenvalue weighted by atomic mass is 9.79. The highest BCUT2D eigenvalue weighted by molar-refractivity contribution is 6.35. The van der Waals surface area contributed by atoms with E-state index in [2.05, 4.69) is 21.8 Å². The van der Waals surface area contributed by atoms with E-state index in [9.17, 15) is 14.7 Å². The van der Waals surface area contributed by atoms with E-state index in [1.165, 1.54) is 12.1 Å². The van der Waals surface area contributed by atoms with Crippen molar-refractivity contribution in [2.45, 2.75) is 30.7 Å². The van der Waals surface area contributed by atoms with Crippen LogP contribution in [-0.2, 0) is 15.0 Å². The maximum absolute atomic E-state index is 16.9. The lowest BCUT2D eigenvalue weighted by Crippen LogP contribution is -2.39. The Labute approximate surface area is 252 Å². The van der Waals surface area contributed by atoms with Crippen LogP contribution in [0.15, 0.2) is 55.1 Å². The van der Waals surface area contributed by atoms with Gasteiger partial charge in [-0.1, -0.05) is 42.4 Å². The molecule has 7 rings (SSSR count). The molecule has 2 unspecified atom stereocenters. The number of carbonyl (C=O) groups excluding carboxylic acids is 2. The highest BCUT2D eigenvalue weighted by atomic mass is 35.5. The molecule has 0 bridgehead atoms. The largest absolute Gasteiger partial charge is 0.508 e. The number of rotatable bonds is 5. The van der Waals surface area contributed by atoms with E-state index < -0.39 is 11.2 Å². The number of phenolic OH excluding ortho intramolecular Hbond substituents is 1. The Hall–Kier alpha value is -4.21. The molecule has 2 saturated heterocycles. The Balaban J connectivity index is 1.46. The number of nitrogens with one attached hydrogen (secondary N) is 1. The van der Waals surface area contributed by atoms with Crippen LogP contribution in [0.2, 0.25) is 5.02 Å². The van der Waals surface area contributed by atoms with E-state index >= 15 is 4.39 Å². The minimum absolute atomic E-state index is 0.00437. The number of nitrogens with zero attached hydrogens (tertiary/aromatic N) is 3. The summed E-state index contributed by atoms with van der Waals surface area (Å²) in [6, 6.07) is 12.2. The van der Waals surface area contributed by atoms with E-state index in [-0.39, 0.29) is 52.1 Å². The molecule has 10 heteroatoms. The number of likely N-dealkylation sites (N-methyl/N-ethyl adjacent to an activating group) is 1. The van der Waals surface area contributed by atoms with Gasteiger partial charge in [-0.15, -0.1) is 0 Å².